The van der Waals surface area contributed by atoms with Gasteiger partial charge in [-0.3, -0.25) is 9.69 Å². The summed E-state index contributed by atoms with van der Waals surface area (Å²) >= 11 is 5.86. The molecule has 0 fully saturated rings. The van der Waals surface area contributed by atoms with E-state index in [4.69, 9.17) is 16.7 Å². The van der Waals surface area contributed by atoms with Crippen molar-refractivity contribution >= 4 is 17.6 Å². The van der Waals surface area contributed by atoms with E-state index in [1.54, 1.807) is 6.07 Å². The van der Waals surface area contributed by atoms with Crippen LogP contribution >= 0.6 is 11.6 Å². The number of hydrogen-bond donors (Lipinski definition) is 1. The topological polar surface area (TPSA) is 40.5 Å². The van der Waals surface area contributed by atoms with E-state index >= 15 is 0 Å². The Morgan fingerprint density at radius 1 is 1.42 bits per heavy atom. The number of hydrogen-bond acceptors (Lipinski definition) is 2. The van der Waals surface area contributed by atoms with Crippen molar-refractivity contribution in [1.29, 1.82) is 0 Å². The second-order valence-electron chi connectivity index (χ2n) is 5.47. The van der Waals surface area contributed by atoms with Gasteiger partial charge in [0.25, 0.3) is 0 Å². The molecular weight excluding hydrogens is 269 g/mol. The number of carboxylic acid groups (broad SMARTS) is 1. The van der Waals surface area contributed by atoms with Gasteiger partial charge in [-0.05, 0) is 39.0 Å². The molecule has 5 heteroatoms. The molecule has 0 amide bonds. The van der Waals surface area contributed by atoms with Gasteiger partial charge in [-0.15, -0.1) is 0 Å². The van der Waals surface area contributed by atoms with Crippen LogP contribution in [0.3, 0.4) is 0 Å². The number of carbonyl (C=O) groups is 1. The van der Waals surface area contributed by atoms with Crippen molar-refractivity contribution < 1.29 is 14.3 Å². The van der Waals surface area contributed by atoms with Crippen molar-refractivity contribution in [2.75, 3.05) is 6.54 Å². The van der Waals surface area contributed by atoms with Crippen LogP contribution in [0, 0.1) is 5.82 Å². The van der Waals surface area contributed by atoms with Crippen LogP contribution in [0.15, 0.2) is 18.2 Å². The lowest BCUT2D eigenvalue weighted by Gasteiger charge is -2.35. The normalized spacial score (nSPS) is 11.9. The van der Waals surface area contributed by atoms with Gasteiger partial charge in [-0.2, -0.15) is 0 Å². The van der Waals surface area contributed by atoms with E-state index in [-0.39, 0.29) is 17.8 Å². The second-order valence-corrected chi connectivity index (χ2v) is 5.91. The largest absolute Gasteiger partial charge is 0.481 e. The van der Waals surface area contributed by atoms with Crippen LogP contribution in [0.5, 0.6) is 0 Å². The molecule has 0 aliphatic rings. The van der Waals surface area contributed by atoms with Crippen LogP contribution in [0.25, 0.3) is 0 Å². The average Bonchev–Trinajstić information content (AvgIpc) is 2.26. The molecule has 0 radical (unpaired) electrons. The average molecular weight is 288 g/mol. The lowest BCUT2D eigenvalue weighted by Crippen LogP contribution is -2.42. The summed E-state index contributed by atoms with van der Waals surface area (Å²) in [4.78, 5) is 12.6. The Balaban J connectivity index is 2.88. The van der Waals surface area contributed by atoms with E-state index in [0.29, 0.717) is 23.7 Å². The van der Waals surface area contributed by atoms with Crippen molar-refractivity contribution in [3.05, 3.63) is 34.6 Å². The molecule has 1 aromatic rings. The maximum Gasteiger partial charge on any atom is 0.304 e. The predicted octanol–water partition coefficient (Wildman–Crippen LogP) is 3.55. The van der Waals surface area contributed by atoms with E-state index in [2.05, 4.69) is 0 Å². The predicted molar refractivity (Wildman–Crippen MR) is 73.8 cm³/mol. The molecule has 3 nitrogen and oxygen atoms in total. The summed E-state index contributed by atoms with van der Waals surface area (Å²) < 4.78 is 13.7. The van der Waals surface area contributed by atoms with Gasteiger partial charge in [0, 0.05) is 29.2 Å². The molecule has 0 unspecified atom stereocenters. The Bertz CT molecular complexity index is 457. The first kappa shape index (κ1) is 15.9. The molecule has 0 aromatic heterocycles. The Hall–Kier alpha value is -1.13. The first-order valence-corrected chi connectivity index (χ1v) is 6.48. The molecule has 0 heterocycles. The Morgan fingerprint density at radius 3 is 2.58 bits per heavy atom. The van der Waals surface area contributed by atoms with Crippen LogP contribution in [0.1, 0.15) is 32.8 Å². The lowest BCUT2D eigenvalue weighted by atomic mass is 10.0. The maximum absolute atomic E-state index is 13.7. The van der Waals surface area contributed by atoms with Gasteiger partial charge >= 0.3 is 5.97 Å². The zero-order valence-electron chi connectivity index (χ0n) is 11.4. The van der Waals surface area contributed by atoms with Gasteiger partial charge in [0.2, 0.25) is 0 Å². The summed E-state index contributed by atoms with van der Waals surface area (Å²) in [6, 6.07) is 4.41. The highest BCUT2D eigenvalue weighted by Crippen LogP contribution is 2.21. The number of aliphatic carboxylic acids is 1. The third kappa shape index (κ3) is 5.17. The second kappa shape index (κ2) is 6.35. The van der Waals surface area contributed by atoms with Gasteiger partial charge in [-0.25, -0.2) is 4.39 Å². The molecule has 0 aliphatic heterocycles. The number of nitrogens with zero attached hydrogens (tertiary/aromatic N) is 1. The fourth-order valence-corrected chi connectivity index (χ4v) is 1.95. The monoisotopic (exact) mass is 287 g/mol. The number of rotatable bonds is 5. The van der Waals surface area contributed by atoms with Gasteiger partial charge in [-0.1, -0.05) is 11.6 Å². The van der Waals surface area contributed by atoms with E-state index in [1.807, 2.05) is 25.7 Å². The smallest absolute Gasteiger partial charge is 0.304 e. The van der Waals surface area contributed by atoms with E-state index in [9.17, 15) is 9.18 Å². The van der Waals surface area contributed by atoms with Crippen LogP contribution in [-0.2, 0) is 11.3 Å². The zero-order chi connectivity index (χ0) is 14.6. The number of benzene rings is 1. The molecule has 1 N–H and O–H groups in total. The molecule has 0 bridgehead atoms. The van der Waals surface area contributed by atoms with Gasteiger partial charge < -0.3 is 5.11 Å². The van der Waals surface area contributed by atoms with E-state index in [1.165, 1.54) is 12.1 Å². The van der Waals surface area contributed by atoms with Crippen LogP contribution in [0.4, 0.5) is 4.39 Å². The first-order chi connectivity index (χ1) is 8.70. The summed E-state index contributed by atoms with van der Waals surface area (Å²) in [7, 11) is 0. The summed E-state index contributed by atoms with van der Waals surface area (Å²) in [5, 5.41) is 9.25. The van der Waals surface area contributed by atoms with Gasteiger partial charge in [0.1, 0.15) is 5.82 Å². The molecular formula is C14H19ClFNO2. The fraction of sp³-hybridized carbons (Fsp3) is 0.500. The maximum atomic E-state index is 13.7. The Morgan fingerprint density at radius 2 is 2.05 bits per heavy atom. The van der Waals surface area contributed by atoms with Crippen molar-refractivity contribution in [1.82, 2.24) is 4.90 Å². The number of carboxylic acids is 1. The minimum Gasteiger partial charge on any atom is -0.481 e. The van der Waals surface area contributed by atoms with E-state index in [0.717, 1.165) is 0 Å². The van der Waals surface area contributed by atoms with Crippen LogP contribution < -0.4 is 0 Å². The third-order valence-electron chi connectivity index (χ3n) is 2.91. The summed E-state index contributed by atoms with van der Waals surface area (Å²) in [5.41, 5.74) is 0.234. The minimum absolute atomic E-state index is 0.0272. The molecule has 106 valence electrons. The lowest BCUT2D eigenvalue weighted by molar-refractivity contribution is -0.137. The van der Waals surface area contributed by atoms with Crippen molar-refractivity contribution in [2.24, 2.45) is 0 Å². The van der Waals surface area contributed by atoms with Crippen molar-refractivity contribution in [3.8, 4) is 0 Å². The molecule has 0 saturated heterocycles. The van der Waals surface area contributed by atoms with Gasteiger partial charge in [0.05, 0.1) is 6.42 Å². The molecule has 0 aliphatic carbocycles. The molecule has 19 heavy (non-hydrogen) atoms. The van der Waals surface area contributed by atoms with Crippen LogP contribution in [-0.4, -0.2) is 28.1 Å². The van der Waals surface area contributed by atoms with Gasteiger partial charge in [0.15, 0.2) is 0 Å². The molecule has 1 rings (SSSR count). The van der Waals surface area contributed by atoms with Crippen molar-refractivity contribution in [2.45, 2.75) is 39.3 Å². The third-order valence-corrected chi connectivity index (χ3v) is 3.15. The summed E-state index contributed by atoms with van der Waals surface area (Å²) in [6.07, 6.45) is 0.0272. The highest BCUT2D eigenvalue weighted by Gasteiger charge is 2.23. The molecule has 0 saturated carbocycles. The first-order valence-electron chi connectivity index (χ1n) is 6.11. The minimum atomic E-state index is -0.860. The quantitative estimate of drug-likeness (QED) is 0.900. The highest BCUT2D eigenvalue weighted by molar-refractivity contribution is 6.30. The Kier molecular flexibility index (Phi) is 5.32. The zero-order valence-corrected chi connectivity index (χ0v) is 12.2. The summed E-state index contributed by atoms with van der Waals surface area (Å²) in [5.74, 6) is -1.19. The van der Waals surface area contributed by atoms with E-state index < -0.39 is 5.97 Å². The fourth-order valence-electron chi connectivity index (χ4n) is 1.75. The van der Waals surface area contributed by atoms with Crippen LogP contribution in [0.2, 0.25) is 5.02 Å². The molecule has 0 atom stereocenters. The standard InChI is InChI=1S/C14H19ClFNO2/c1-14(2,3)17(7-6-13(18)19)9-10-8-11(15)4-5-12(10)16/h4-5,8H,6-7,9H2,1-3H3,(H,18,19). The highest BCUT2D eigenvalue weighted by atomic mass is 35.5. The van der Waals surface area contributed by atoms with Crippen molar-refractivity contribution in [3.63, 3.8) is 0 Å². The molecule has 1 aromatic carbocycles. The molecule has 0 spiro atoms. The summed E-state index contributed by atoms with van der Waals surface area (Å²) in [6.45, 7) is 6.61. The SMILES string of the molecule is CC(C)(C)N(CCC(=O)O)Cc1cc(Cl)ccc1F. The number of halogens is 2. The Labute approximate surface area is 118 Å².